The van der Waals surface area contributed by atoms with Crippen molar-refractivity contribution in [3.8, 4) is 5.82 Å². The molecule has 0 aliphatic carbocycles. The Morgan fingerprint density at radius 2 is 2.11 bits per heavy atom. The van der Waals surface area contributed by atoms with E-state index in [0.717, 1.165) is 11.3 Å². The first kappa shape index (κ1) is 20.0. The molecule has 1 saturated heterocycles. The van der Waals surface area contributed by atoms with Gasteiger partial charge in [-0.3, -0.25) is 0 Å². The van der Waals surface area contributed by atoms with Crippen molar-refractivity contribution < 1.29 is 9.53 Å². The number of hydrogen-bond acceptors (Lipinski definition) is 5. The Labute approximate surface area is 170 Å². The van der Waals surface area contributed by atoms with Crippen LogP contribution >= 0.6 is 0 Å². The monoisotopic (exact) mass is 477 g/mol. The molecule has 1 amide bonds. The van der Waals surface area contributed by atoms with Gasteiger partial charge < -0.3 is 4.74 Å². The van der Waals surface area contributed by atoms with Crippen LogP contribution in [0.1, 0.15) is 50.8 Å². The molecule has 2 aromatic heterocycles. The number of anilines is 1. The van der Waals surface area contributed by atoms with E-state index in [1.165, 1.54) is 21.7 Å². The van der Waals surface area contributed by atoms with Crippen molar-refractivity contribution in [1.29, 1.82) is 0 Å². The van der Waals surface area contributed by atoms with E-state index >= 15 is 0 Å². The number of amides is 1. The SMILES string of the molecule is CC(C)(C)OC(=O)NCc1ccc(-n2nc(C3C[CH2][Sn][CH2]C3)cc2N)nc1. The molecular weight excluding hydrogens is 449 g/mol. The van der Waals surface area contributed by atoms with Crippen LogP contribution in [0, 0.1) is 0 Å². The van der Waals surface area contributed by atoms with Gasteiger partial charge in [0.15, 0.2) is 0 Å². The standard InChI is InChI=1S/C19H27N5O2.Sn/c1-6-14(7-2)15-10-16(20)24(23-15)17-9-8-13(11-21-17)12-22-18(25)26-19(3,4)5;/h8-11,14H,1-2,6-7,12,20H2,3-5H3,(H,22,25);. The predicted octanol–water partition coefficient (Wildman–Crippen LogP) is 3.29. The van der Waals surface area contributed by atoms with E-state index < -0.39 is 11.7 Å². The summed E-state index contributed by atoms with van der Waals surface area (Å²) in [5.41, 5.74) is 7.63. The summed E-state index contributed by atoms with van der Waals surface area (Å²) in [5.74, 6) is 1.84. The molecule has 3 heterocycles. The number of carbonyl (C=O) groups is 1. The summed E-state index contributed by atoms with van der Waals surface area (Å²) in [6.07, 6.45) is 3.79. The molecule has 0 saturated carbocycles. The fourth-order valence-electron chi connectivity index (χ4n) is 3.05. The number of nitrogens with two attached hydrogens (primary N) is 1. The molecule has 8 heteroatoms. The molecule has 2 aromatic rings. The fourth-order valence-corrected chi connectivity index (χ4v) is 6.92. The molecule has 2 radical (unpaired) electrons. The fraction of sp³-hybridized carbons (Fsp3) is 0.526. The Bertz CT molecular complexity index is 776. The van der Waals surface area contributed by atoms with E-state index in [-0.39, 0.29) is 21.1 Å². The molecule has 7 nitrogen and oxygen atoms in total. The van der Waals surface area contributed by atoms with Crippen LogP contribution in [-0.4, -0.2) is 47.6 Å². The van der Waals surface area contributed by atoms with Gasteiger partial charge >= 0.3 is 135 Å². The number of aromatic nitrogens is 3. The van der Waals surface area contributed by atoms with E-state index in [9.17, 15) is 4.79 Å². The van der Waals surface area contributed by atoms with Gasteiger partial charge in [-0.1, -0.05) is 0 Å². The van der Waals surface area contributed by atoms with Crippen molar-refractivity contribution in [1.82, 2.24) is 20.1 Å². The molecule has 27 heavy (non-hydrogen) atoms. The summed E-state index contributed by atoms with van der Waals surface area (Å²) in [5, 5.41) is 7.44. The summed E-state index contributed by atoms with van der Waals surface area (Å²) in [6.45, 7) is 5.86. The van der Waals surface area contributed by atoms with Gasteiger partial charge in [-0.25, -0.2) is 4.79 Å². The molecular formula is C19H27N5O2Sn. The molecule has 3 N–H and O–H groups in total. The normalized spacial score (nSPS) is 15.5. The number of nitrogens with zero attached hydrogens (tertiary/aromatic N) is 3. The van der Waals surface area contributed by atoms with Gasteiger partial charge in [0.25, 0.3) is 0 Å². The first-order chi connectivity index (χ1) is 12.8. The molecule has 0 spiro atoms. The van der Waals surface area contributed by atoms with E-state index in [1.54, 1.807) is 10.9 Å². The zero-order valence-electron chi connectivity index (χ0n) is 16.2. The Hall–Kier alpha value is -1.77. The van der Waals surface area contributed by atoms with Gasteiger partial charge in [-0.2, -0.15) is 0 Å². The zero-order chi connectivity index (χ0) is 19.4. The number of rotatable bonds is 4. The summed E-state index contributed by atoms with van der Waals surface area (Å²) < 4.78 is 9.79. The third-order valence-corrected chi connectivity index (χ3v) is 8.04. The molecule has 144 valence electrons. The number of hydrogen-bond donors (Lipinski definition) is 2. The minimum atomic E-state index is -0.511. The molecule has 1 aliphatic heterocycles. The van der Waals surface area contributed by atoms with Crippen LogP contribution in [0.15, 0.2) is 24.4 Å². The summed E-state index contributed by atoms with van der Waals surface area (Å²) in [7, 11) is 0. The second kappa shape index (κ2) is 8.50. The van der Waals surface area contributed by atoms with Crippen LogP contribution in [0.5, 0.6) is 0 Å². The van der Waals surface area contributed by atoms with Gasteiger partial charge in [0.1, 0.15) is 5.60 Å². The number of pyridine rings is 1. The number of alkyl carbamates (subject to hydrolysis) is 1. The number of carbonyl (C=O) groups excluding carboxylic acids is 1. The maximum atomic E-state index is 11.7. The average Bonchev–Trinajstić information content (AvgIpc) is 3.01. The van der Waals surface area contributed by atoms with Crippen molar-refractivity contribution in [3.63, 3.8) is 0 Å². The predicted molar refractivity (Wildman–Crippen MR) is 106 cm³/mol. The molecule has 1 fully saturated rings. The third kappa shape index (κ3) is 5.60. The molecule has 1 aliphatic rings. The second-order valence-corrected chi connectivity index (χ2v) is 12.1. The minimum absolute atomic E-state index is 0.0790. The summed E-state index contributed by atoms with van der Waals surface area (Å²) >= 11 is -0.0790. The zero-order valence-corrected chi connectivity index (χ0v) is 19.0. The van der Waals surface area contributed by atoms with Gasteiger partial charge in [0.2, 0.25) is 0 Å². The Morgan fingerprint density at radius 1 is 1.37 bits per heavy atom. The Kier molecular flexibility index (Phi) is 6.29. The van der Waals surface area contributed by atoms with Crippen LogP contribution in [0.3, 0.4) is 0 Å². The molecule has 0 aromatic carbocycles. The van der Waals surface area contributed by atoms with Gasteiger partial charge in [-0.05, 0) is 20.8 Å². The molecule has 0 bridgehead atoms. The van der Waals surface area contributed by atoms with E-state index in [0.29, 0.717) is 24.1 Å². The van der Waals surface area contributed by atoms with Gasteiger partial charge in [0.05, 0.1) is 0 Å². The third-order valence-electron chi connectivity index (χ3n) is 4.38. The van der Waals surface area contributed by atoms with Crippen LogP contribution < -0.4 is 11.1 Å². The summed E-state index contributed by atoms with van der Waals surface area (Å²) in [6, 6.07) is 5.77. The van der Waals surface area contributed by atoms with Gasteiger partial charge in [-0.15, -0.1) is 0 Å². The van der Waals surface area contributed by atoms with Crippen LogP contribution in [0.4, 0.5) is 10.6 Å². The van der Waals surface area contributed by atoms with Gasteiger partial charge in [0, 0.05) is 0 Å². The first-order valence-electron chi connectivity index (χ1n) is 9.30. The van der Waals surface area contributed by atoms with E-state index in [1.807, 2.05) is 39.0 Å². The Morgan fingerprint density at radius 3 is 2.74 bits per heavy atom. The van der Waals surface area contributed by atoms with Crippen molar-refractivity contribution >= 4 is 33.1 Å². The first-order valence-corrected chi connectivity index (χ1v) is 13.3. The quantitative estimate of drug-likeness (QED) is 0.661. The van der Waals surface area contributed by atoms with Crippen molar-refractivity contribution in [2.45, 2.75) is 60.6 Å². The van der Waals surface area contributed by atoms with E-state index in [4.69, 9.17) is 15.6 Å². The van der Waals surface area contributed by atoms with Crippen LogP contribution in [-0.2, 0) is 11.3 Å². The van der Waals surface area contributed by atoms with Crippen LogP contribution in [0.25, 0.3) is 5.82 Å². The number of ether oxygens (including phenoxy) is 1. The number of nitrogen functional groups attached to an aromatic ring is 1. The maximum absolute atomic E-state index is 11.7. The topological polar surface area (TPSA) is 95.1 Å². The van der Waals surface area contributed by atoms with Crippen molar-refractivity contribution in [2.75, 3.05) is 5.73 Å². The van der Waals surface area contributed by atoms with E-state index in [2.05, 4.69) is 10.3 Å². The number of nitrogens with one attached hydrogen (secondary N) is 1. The Balaban J connectivity index is 1.63. The summed E-state index contributed by atoms with van der Waals surface area (Å²) in [4.78, 5) is 16.2. The molecule has 0 atom stereocenters. The second-order valence-electron chi connectivity index (χ2n) is 7.81. The average molecular weight is 476 g/mol. The molecule has 3 rings (SSSR count). The van der Waals surface area contributed by atoms with Crippen molar-refractivity contribution in [2.24, 2.45) is 0 Å². The van der Waals surface area contributed by atoms with Crippen molar-refractivity contribution in [3.05, 3.63) is 35.7 Å². The van der Waals surface area contributed by atoms with Crippen LogP contribution in [0.2, 0.25) is 8.87 Å². The molecule has 0 unspecified atom stereocenters.